The van der Waals surface area contributed by atoms with Gasteiger partial charge in [-0.15, -0.1) is 0 Å². The molecule has 0 amide bonds. The quantitative estimate of drug-likeness (QED) is 0.571. The zero-order chi connectivity index (χ0) is 18.9. The van der Waals surface area contributed by atoms with E-state index < -0.39 is 12.7 Å². The lowest BCUT2D eigenvalue weighted by atomic mass is 10.2. The lowest BCUT2D eigenvalue weighted by Crippen LogP contribution is -2.44. The first-order valence-corrected chi connectivity index (χ1v) is 8.08. The smallest absolute Gasteiger partial charge is 0.401 e. The normalized spacial score (nSPS) is 12.4. The molecule has 1 aromatic carbocycles. The molecule has 1 aromatic rings. The molecule has 0 fully saturated rings. The van der Waals surface area contributed by atoms with E-state index in [1.165, 1.54) is 17.5 Å². The summed E-state index contributed by atoms with van der Waals surface area (Å²) in [6.07, 6.45) is -4.18. The molecular weight excluding hydrogens is 333 g/mol. The maximum atomic E-state index is 12.3. The molecule has 1 N–H and O–H groups in total. The van der Waals surface area contributed by atoms with Crippen molar-refractivity contribution in [2.45, 2.75) is 13.1 Å². The molecule has 0 aliphatic rings. The van der Waals surface area contributed by atoms with Crippen molar-refractivity contribution in [3.63, 3.8) is 0 Å². The molecule has 1 rings (SSSR count). The molecule has 25 heavy (non-hydrogen) atoms. The molecule has 0 unspecified atom stereocenters. The highest BCUT2D eigenvalue weighted by atomic mass is 19.4. The first kappa shape index (κ1) is 21.1. The molecule has 8 heteroatoms. The summed E-state index contributed by atoms with van der Waals surface area (Å²) in [5.41, 5.74) is 1.17. The topological polar surface area (TPSA) is 40.1 Å². The summed E-state index contributed by atoms with van der Waals surface area (Å²) in [7, 11) is 4.93. The van der Waals surface area contributed by atoms with Crippen molar-refractivity contribution < 1.29 is 17.9 Å². The summed E-state index contributed by atoms with van der Waals surface area (Å²) in [5.74, 6) is 1.42. The van der Waals surface area contributed by atoms with Gasteiger partial charge in [0.05, 0.1) is 13.1 Å². The fourth-order valence-corrected chi connectivity index (χ4v) is 2.17. The van der Waals surface area contributed by atoms with E-state index in [0.29, 0.717) is 25.7 Å². The molecule has 5 nitrogen and oxygen atoms in total. The minimum Gasteiger partial charge on any atom is -0.492 e. The lowest BCUT2D eigenvalue weighted by Gasteiger charge is -2.24. The van der Waals surface area contributed by atoms with Crippen LogP contribution in [0.15, 0.2) is 29.3 Å². The number of hydrogen-bond acceptors (Lipinski definition) is 3. The van der Waals surface area contributed by atoms with Gasteiger partial charge < -0.3 is 15.0 Å². The number of guanidine groups is 1. The summed E-state index contributed by atoms with van der Waals surface area (Å²) in [6.45, 7) is 2.82. The monoisotopic (exact) mass is 360 g/mol. The van der Waals surface area contributed by atoms with Crippen LogP contribution in [0.4, 0.5) is 13.2 Å². The molecule has 0 spiro atoms. The third-order valence-electron chi connectivity index (χ3n) is 3.52. The third-order valence-corrected chi connectivity index (χ3v) is 3.52. The van der Waals surface area contributed by atoms with Crippen LogP contribution in [0.3, 0.4) is 0 Å². The van der Waals surface area contributed by atoms with Crippen LogP contribution in [0.5, 0.6) is 5.75 Å². The molecule has 0 bridgehead atoms. The Balaban J connectivity index is 2.29. The second-order valence-corrected chi connectivity index (χ2v) is 5.91. The maximum absolute atomic E-state index is 12.3. The van der Waals surface area contributed by atoms with Crippen molar-refractivity contribution in [2.24, 2.45) is 4.99 Å². The van der Waals surface area contributed by atoms with Crippen LogP contribution < -0.4 is 10.1 Å². The Morgan fingerprint density at radius 2 is 1.80 bits per heavy atom. The summed E-state index contributed by atoms with van der Waals surface area (Å²) in [6, 6.07) is 7.80. The van der Waals surface area contributed by atoms with Gasteiger partial charge in [0.15, 0.2) is 5.96 Å². The van der Waals surface area contributed by atoms with E-state index in [9.17, 15) is 13.2 Å². The van der Waals surface area contributed by atoms with Crippen LogP contribution >= 0.6 is 0 Å². The molecule has 0 radical (unpaired) electrons. The lowest BCUT2D eigenvalue weighted by molar-refractivity contribution is -0.142. The van der Waals surface area contributed by atoms with Crippen LogP contribution in [0.2, 0.25) is 0 Å². The standard InChI is InChI=1S/C17H27F3N4O/c1-14-5-7-15(8-6-14)25-12-11-24(4)16(21-2)22-9-10-23(3)13-17(18,19)20/h5-8H,9-13H2,1-4H3,(H,21,22). The summed E-state index contributed by atoms with van der Waals surface area (Å²) < 4.78 is 42.5. The number of aryl methyl sites for hydroxylation is 1. The number of nitrogens with one attached hydrogen (secondary N) is 1. The van der Waals surface area contributed by atoms with Gasteiger partial charge in [-0.25, -0.2) is 0 Å². The number of alkyl halides is 3. The number of nitrogens with zero attached hydrogens (tertiary/aromatic N) is 3. The SMILES string of the molecule is CN=C(NCCN(C)CC(F)(F)F)N(C)CCOc1ccc(C)cc1. The van der Waals surface area contributed by atoms with Crippen LogP contribution in [0, 0.1) is 6.92 Å². The molecular formula is C17H27F3N4O. The van der Waals surface area contributed by atoms with Crippen LogP contribution in [-0.2, 0) is 0 Å². The van der Waals surface area contributed by atoms with E-state index >= 15 is 0 Å². The Labute approximate surface area is 147 Å². The number of likely N-dealkylation sites (N-methyl/N-ethyl adjacent to an activating group) is 2. The summed E-state index contributed by atoms with van der Waals surface area (Å²) >= 11 is 0. The fourth-order valence-electron chi connectivity index (χ4n) is 2.17. The molecule has 0 aliphatic heterocycles. The Morgan fingerprint density at radius 1 is 1.16 bits per heavy atom. The Kier molecular flexibility index (Phi) is 8.54. The molecule has 142 valence electrons. The van der Waals surface area contributed by atoms with Crippen LogP contribution in [-0.4, -0.2) is 75.9 Å². The molecule has 0 heterocycles. The second kappa shape index (κ2) is 10.1. The van der Waals surface area contributed by atoms with Gasteiger partial charge in [-0.05, 0) is 26.1 Å². The Bertz CT molecular complexity index is 532. The van der Waals surface area contributed by atoms with Gasteiger partial charge in [-0.3, -0.25) is 9.89 Å². The van der Waals surface area contributed by atoms with Crippen LogP contribution in [0.25, 0.3) is 0 Å². The predicted molar refractivity (Wildman–Crippen MR) is 94.2 cm³/mol. The molecule has 0 saturated carbocycles. The van der Waals surface area contributed by atoms with E-state index in [1.54, 1.807) is 7.05 Å². The third kappa shape index (κ3) is 9.19. The minimum atomic E-state index is -4.18. The second-order valence-electron chi connectivity index (χ2n) is 5.91. The molecule has 0 aromatic heterocycles. The van der Waals surface area contributed by atoms with Gasteiger partial charge in [0, 0.05) is 27.2 Å². The van der Waals surface area contributed by atoms with Gasteiger partial charge in [-0.1, -0.05) is 17.7 Å². The molecule has 0 aliphatic carbocycles. The zero-order valence-corrected chi connectivity index (χ0v) is 15.2. The first-order valence-electron chi connectivity index (χ1n) is 8.08. The van der Waals surface area contributed by atoms with Gasteiger partial charge in [0.2, 0.25) is 0 Å². The number of ether oxygens (including phenoxy) is 1. The number of aliphatic imine (C=N–C) groups is 1. The molecule has 0 saturated heterocycles. The Morgan fingerprint density at radius 3 is 2.36 bits per heavy atom. The Hall–Kier alpha value is -1.96. The number of benzene rings is 1. The summed E-state index contributed by atoms with van der Waals surface area (Å²) in [4.78, 5) is 7.23. The average Bonchev–Trinajstić information content (AvgIpc) is 2.51. The van der Waals surface area contributed by atoms with E-state index in [0.717, 1.165) is 5.75 Å². The van der Waals surface area contributed by atoms with Crippen molar-refractivity contribution in [3.05, 3.63) is 29.8 Å². The average molecular weight is 360 g/mol. The maximum Gasteiger partial charge on any atom is 0.401 e. The van der Waals surface area contributed by atoms with Gasteiger partial charge in [-0.2, -0.15) is 13.2 Å². The largest absolute Gasteiger partial charge is 0.492 e. The van der Waals surface area contributed by atoms with Crippen molar-refractivity contribution in [1.29, 1.82) is 0 Å². The van der Waals surface area contributed by atoms with Crippen molar-refractivity contribution in [2.75, 3.05) is 53.9 Å². The van der Waals surface area contributed by atoms with Crippen molar-refractivity contribution in [3.8, 4) is 5.75 Å². The van der Waals surface area contributed by atoms with E-state index in [4.69, 9.17) is 4.74 Å². The van der Waals surface area contributed by atoms with Gasteiger partial charge in [0.1, 0.15) is 12.4 Å². The van der Waals surface area contributed by atoms with E-state index in [1.807, 2.05) is 43.1 Å². The summed E-state index contributed by atoms with van der Waals surface area (Å²) in [5, 5.41) is 3.05. The first-order chi connectivity index (χ1) is 11.7. The highest BCUT2D eigenvalue weighted by Gasteiger charge is 2.28. The fraction of sp³-hybridized carbons (Fsp3) is 0.588. The highest BCUT2D eigenvalue weighted by molar-refractivity contribution is 5.79. The molecule has 0 atom stereocenters. The van der Waals surface area contributed by atoms with Gasteiger partial charge in [0.25, 0.3) is 0 Å². The highest BCUT2D eigenvalue weighted by Crippen LogP contribution is 2.15. The van der Waals surface area contributed by atoms with Gasteiger partial charge >= 0.3 is 6.18 Å². The van der Waals surface area contributed by atoms with Crippen molar-refractivity contribution >= 4 is 5.96 Å². The zero-order valence-electron chi connectivity index (χ0n) is 15.2. The van der Waals surface area contributed by atoms with Crippen molar-refractivity contribution in [1.82, 2.24) is 15.1 Å². The number of halogens is 3. The number of rotatable bonds is 8. The predicted octanol–water partition coefficient (Wildman–Crippen LogP) is 2.38. The number of hydrogen-bond donors (Lipinski definition) is 1. The minimum absolute atomic E-state index is 0.270. The van der Waals surface area contributed by atoms with E-state index in [2.05, 4.69) is 10.3 Å². The van der Waals surface area contributed by atoms with Crippen LogP contribution in [0.1, 0.15) is 5.56 Å². The van der Waals surface area contributed by atoms with E-state index in [-0.39, 0.29) is 6.54 Å².